The second-order valence-corrected chi connectivity index (χ2v) is 4.21. The smallest absolute Gasteiger partial charge is 0.430 e. The first-order valence-corrected chi connectivity index (χ1v) is 5.74. The van der Waals surface area contributed by atoms with E-state index in [0.717, 1.165) is 11.1 Å². The summed E-state index contributed by atoms with van der Waals surface area (Å²) in [5, 5.41) is 4.10. The zero-order chi connectivity index (χ0) is 14.4. The SMILES string of the molecule is Cc1cccc(C)c1C(=O)OOOC(=O)OC(C)C. The van der Waals surface area contributed by atoms with Gasteiger partial charge in [0.25, 0.3) is 0 Å². The van der Waals surface area contributed by atoms with Gasteiger partial charge in [0.2, 0.25) is 0 Å². The lowest BCUT2D eigenvalue weighted by Gasteiger charge is -2.08. The third-order valence-corrected chi connectivity index (χ3v) is 2.23. The molecule has 0 atom stereocenters. The van der Waals surface area contributed by atoms with Crippen LogP contribution in [-0.4, -0.2) is 18.2 Å². The van der Waals surface area contributed by atoms with Crippen LogP contribution in [0.5, 0.6) is 0 Å². The minimum atomic E-state index is -1.08. The van der Waals surface area contributed by atoms with Crippen molar-refractivity contribution in [1.29, 1.82) is 0 Å². The van der Waals surface area contributed by atoms with E-state index >= 15 is 0 Å². The topological polar surface area (TPSA) is 71.1 Å². The van der Waals surface area contributed by atoms with Crippen LogP contribution in [-0.2, 0) is 19.6 Å². The molecule has 0 N–H and O–H groups in total. The van der Waals surface area contributed by atoms with Gasteiger partial charge in [0.15, 0.2) is 0 Å². The van der Waals surface area contributed by atoms with Gasteiger partial charge in [-0.05, 0) is 38.8 Å². The number of hydrogen-bond donors (Lipinski definition) is 0. The lowest BCUT2D eigenvalue weighted by atomic mass is 10.0. The van der Waals surface area contributed by atoms with Gasteiger partial charge in [-0.3, -0.25) is 4.89 Å². The summed E-state index contributed by atoms with van der Waals surface area (Å²) in [6.07, 6.45) is -1.44. The van der Waals surface area contributed by atoms with Gasteiger partial charge in [-0.2, -0.15) is 0 Å². The van der Waals surface area contributed by atoms with E-state index in [9.17, 15) is 9.59 Å². The zero-order valence-electron chi connectivity index (χ0n) is 11.3. The summed E-state index contributed by atoms with van der Waals surface area (Å²) in [7, 11) is 0. The fourth-order valence-electron chi connectivity index (χ4n) is 1.47. The molecular formula is C13H16O6. The van der Waals surface area contributed by atoms with Crippen molar-refractivity contribution in [2.45, 2.75) is 33.8 Å². The third kappa shape index (κ3) is 4.59. The minimum absolute atomic E-state index is 0.356. The zero-order valence-corrected chi connectivity index (χ0v) is 11.3. The number of aryl methyl sites for hydroxylation is 2. The van der Waals surface area contributed by atoms with E-state index in [1.54, 1.807) is 39.8 Å². The minimum Gasteiger partial charge on any atom is -0.430 e. The first-order chi connectivity index (χ1) is 8.91. The van der Waals surface area contributed by atoms with Gasteiger partial charge in [0, 0.05) is 0 Å². The van der Waals surface area contributed by atoms with Gasteiger partial charge in [-0.15, -0.1) is 0 Å². The molecule has 0 fully saturated rings. The number of ether oxygens (including phenoxy) is 1. The van der Waals surface area contributed by atoms with Crippen molar-refractivity contribution in [2.75, 3.05) is 0 Å². The summed E-state index contributed by atoms with van der Waals surface area (Å²) in [5.74, 6) is -0.743. The molecular weight excluding hydrogens is 252 g/mol. The molecule has 0 spiro atoms. The highest BCUT2D eigenvalue weighted by molar-refractivity contribution is 5.92. The molecule has 0 aliphatic rings. The number of carbonyl (C=O) groups is 2. The molecule has 6 heteroatoms. The number of carbonyl (C=O) groups excluding carboxylic acids is 2. The molecule has 0 aliphatic heterocycles. The number of hydrogen-bond acceptors (Lipinski definition) is 6. The molecule has 0 aliphatic carbocycles. The maximum atomic E-state index is 11.7. The fraction of sp³-hybridized carbons (Fsp3) is 0.385. The highest BCUT2D eigenvalue weighted by atomic mass is 17.5. The number of rotatable bonds is 4. The van der Waals surface area contributed by atoms with Crippen molar-refractivity contribution in [3.63, 3.8) is 0 Å². The van der Waals surface area contributed by atoms with E-state index < -0.39 is 12.1 Å². The summed E-state index contributed by atoms with van der Waals surface area (Å²) in [5.41, 5.74) is 1.83. The summed E-state index contributed by atoms with van der Waals surface area (Å²) in [4.78, 5) is 31.2. The average Bonchev–Trinajstić information content (AvgIpc) is 2.27. The van der Waals surface area contributed by atoms with Crippen LogP contribution >= 0.6 is 0 Å². The standard InChI is InChI=1S/C13H16O6/c1-8(2)16-13(15)18-19-17-12(14)11-9(3)6-5-7-10(11)4/h5-8H,1-4H3. The van der Waals surface area contributed by atoms with Crippen LogP contribution in [0.3, 0.4) is 0 Å². The Bertz CT molecular complexity index is 446. The molecule has 1 aromatic rings. The van der Waals surface area contributed by atoms with Gasteiger partial charge >= 0.3 is 12.1 Å². The van der Waals surface area contributed by atoms with Gasteiger partial charge in [-0.25, -0.2) is 14.5 Å². The summed E-state index contributed by atoms with van der Waals surface area (Å²) in [6.45, 7) is 6.81. The molecule has 0 aromatic heterocycles. The monoisotopic (exact) mass is 268 g/mol. The molecule has 1 aromatic carbocycles. The summed E-state index contributed by atoms with van der Waals surface area (Å²) >= 11 is 0. The molecule has 0 amide bonds. The summed E-state index contributed by atoms with van der Waals surface area (Å²) < 4.78 is 4.61. The van der Waals surface area contributed by atoms with Gasteiger partial charge in [0.1, 0.15) is 0 Å². The largest absolute Gasteiger partial charge is 0.543 e. The first kappa shape index (κ1) is 15.0. The third-order valence-electron chi connectivity index (χ3n) is 2.23. The Kier molecular flexibility index (Phi) is 5.32. The molecule has 104 valence electrons. The lowest BCUT2D eigenvalue weighted by molar-refractivity contribution is -0.452. The van der Waals surface area contributed by atoms with Crippen molar-refractivity contribution < 1.29 is 29.1 Å². The predicted octanol–water partition coefficient (Wildman–Crippen LogP) is 2.87. The van der Waals surface area contributed by atoms with E-state index in [0.29, 0.717) is 5.56 Å². The van der Waals surface area contributed by atoms with Gasteiger partial charge in [0.05, 0.1) is 16.7 Å². The molecule has 6 nitrogen and oxygen atoms in total. The van der Waals surface area contributed by atoms with Crippen LogP contribution in [0.2, 0.25) is 0 Å². The van der Waals surface area contributed by atoms with E-state index in [2.05, 4.69) is 19.6 Å². The van der Waals surface area contributed by atoms with Crippen molar-refractivity contribution in [3.8, 4) is 0 Å². The van der Waals surface area contributed by atoms with Crippen LogP contribution in [0.25, 0.3) is 0 Å². The molecule has 0 saturated heterocycles. The molecule has 1 rings (SSSR count). The molecule has 0 bridgehead atoms. The van der Waals surface area contributed by atoms with Crippen LogP contribution in [0, 0.1) is 13.8 Å². The Morgan fingerprint density at radius 2 is 1.63 bits per heavy atom. The Balaban J connectivity index is 2.50. The summed E-state index contributed by atoms with van der Waals surface area (Å²) in [6, 6.07) is 5.34. The van der Waals surface area contributed by atoms with E-state index in [1.807, 2.05) is 6.07 Å². The molecule has 19 heavy (non-hydrogen) atoms. The van der Waals surface area contributed by atoms with E-state index in [4.69, 9.17) is 0 Å². The molecule has 0 radical (unpaired) electrons. The fourth-order valence-corrected chi connectivity index (χ4v) is 1.47. The van der Waals surface area contributed by atoms with Gasteiger partial charge in [-0.1, -0.05) is 18.2 Å². The Labute approximate surface area is 111 Å². The van der Waals surface area contributed by atoms with Crippen LogP contribution in [0.15, 0.2) is 18.2 Å². The number of benzene rings is 1. The molecule has 0 saturated carbocycles. The van der Waals surface area contributed by atoms with Crippen molar-refractivity contribution in [3.05, 3.63) is 34.9 Å². The highest BCUT2D eigenvalue weighted by Crippen LogP contribution is 2.14. The Morgan fingerprint density at radius 1 is 1.05 bits per heavy atom. The highest BCUT2D eigenvalue weighted by Gasteiger charge is 2.16. The predicted molar refractivity (Wildman–Crippen MR) is 65.1 cm³/mol. The van der Waals surface area contributed by atoms with Crippen molar-refractivity contribution in [1.82, 2.24) is 0 Å². The van der Waals surface area contributed by atoms with Gasteiger partial charge < -0.3 is 4.74 Å². The van der Waals surface area contributed by atoms with Crippen LogP contribution < -0.4 is 0 Å². The maximum absolute atomic E-state index is 11.7. The maximum Gasteiger partial charge on any atom is 0.543 e. The average molecular weight is 268 g/mol. The Hall–Kier alpha value is -2.08. The lowest BCUT2D eigenvalue weighted by Crippen LogP contribution is -2.16. The van der Waals surface area contributed by atoms with Crippen LogP contribution in [0.1, 0.15) is 35.3 Å². The van der Waals surface area contributed by atoms with E-state index in [-0.39, 0.29) is 6.10 Å². The van der Waals surface area contributed by atoms with Crippen molar-refractivity contribution in [2.24, 2.45) is 0 Å². The first-order valence-electron chi connectivity index (χ1n) is 5.74. The van der Waals surface area contributed by atoms with E-state index in [1.165, 1.54) is 0 Å². The second kappa shape index (κ2) is 6.75. The normalized spacial score (nSPS) is 10.2. The van der Waals surface area contributed by atoms with Crippen LogP contribution in [0.4, 0.5) is 4.79 Å². The Morgan fingerprint density at radius 3 is 2.16 bits per heavy atom. The molecule has 0 unspecified atom stereocenters. The second-order valence-electron chi connectivity index (χ2n) is 4.21. The quantitative estimate of drug-likeness (QED) is 0.475. The van der Waals surface area contributed by atoms with Crippen molar-refractivity contribution >= 4 is 12.1 Å². The molecule has 0 heterocycles.